The lowest BCUT2D eigenvalue weighted by atomic mass is 10.1. The van der Waals surface area contributed by atoms with E-state index in [1.807, 2.05) is 19.1 Å². The van der Waals surface area contributed by atoms with Crippen molar-refractivity contribution < 1.29 is 0 Å². The summed E-state index contributed by atoms with van der Waals surface area (Å²) in [6, 6.07) is 6.12. The smallest absolute Gasteiger partial charge is 0.0364 e. The summed E-state index contributed by atoms with van der Waals surface area (Å²) in [4.78, 5) is 0. The Kier molecular flexibility index (Phi) is 3.81. The summed E-state index contributed by atoms with van der Waals surface area (Å²) in [6.45, 7) is 7.49. The summed E-state index contributed by atoms with van der Waals surface area (Å²) in [5.74, 6) is 0.741. The second kappa shape index (κ2) is 4.89. The van der Waals surface area contributed by atoms with Crippen LogP contribution in [0.5, 0.6) is 0 Å². The molecule has 0 saturated heterocycles. The van der Waals surface area contributed by atoms with Crippen molar-refractivity contribution in [3.05, 3.63) is 23.8 Å². The highest BCUT2D eigenvalue weighted by Crippen LogP contribution is 2.16. The van der Waals surface area contributed by atoms with Gasteiger partial charge in [0.05, 0.1) is 0 Å². The average Bonchev–Trinajstić information content (AvgIpc) is 2.10. The number of nitrogen functional groups attached to an aromatic ring is 1. The molecular weight excluding hydrogens is 172 g/mol. The molecule has 14 heavy (non-hydrogen) atoms. The highest BCUT2D eigenvalue weighted by Gasteiger charge is 1.97. The van der Waals surface area contributed by atoms with Crippen LogP contribution in [0.1, 0.15) is 25.8 Å². The zero-order valence-electron chi connectivity index (χ0n) is 9.30. The van der Waals surface area contributed by atoms with Gasteiger partial charge in [-0.15, -0.1) is 0 Å². The highest BCUT2D eigenvalue weighted by molar-refractivity contribution is 5.58. The molecule has 0 atom stereocenters. The number of nitrogens with two attached hydrogens (primary N) is 1. The van der Waals surface area contributed by atoms with Crippen molar-refractivity contribution in [2.75, 3.05) is 17.6 Å². The lowest BCUT2D eigenvalue weighted by Crippen LogP contribution is -2.05. The van der Waals surface area contributed by atoms with Crippen LogP contribution in [-0.2, 0) is 0 Å². The molecule has 78 valence electrons. The van der Waals surface area contributed by atoms with E-state index in [-0.39, 0.29) is 0 Å². The van der Waals surface area contributed by atoms with E-state index < -0.39 is 0 Å². The Hall–Kier alpha value is -1.18. The van der Waals surface area contributed by atoms with Crippen LogP contribution in [0.25, 0.3) is 0 Å². The van der Waals surface area contributed by atoms with Crippen LogP contribution in [0, 0.1) is 12.8 Å². The molecule has 0 saturated carbocycles. The van der Waals surface area contributed by atoms with E-state index in [0.717, 1.165) is 29.4 Å². The van der Waals surface area contributed by atoms with Crippen molar-refractivity contribution in [1.82, 2.24) is 0 Å². The van der Waals surface area contributed by atoms with Crippen molar-refractivity contribution in [1.29, 1.82) is 0 Å². The molecule has 0 aliphatic carbocycles. The van der Waals surface area contributed by atoms with Gasteiger partial charge < -0.3 is 11.1 Å². The molecule has 0 aromatic heterocycles. The molecule has 0 fully saturated rings. The minimum absolute atomic E-state index is 0.741. The van der Waals surface area contributed by atoms with Gasteiger partial charge in [-0.1, -0.05) is 19.9 Å². The van der Waals surface area contributed by atoms with Crippen LogP contribution in [-0.4, -0.2) is 6.54 Å². The molecule has 0 amide bonds. The van der Waals surface area contributed by atoms with Gasteiger partial charge in [-0.2, -0.15) is 0 Å². The molecule has 2 heteroatoms. The molecule has 1 aromatic rings. The second-order valence-electron chi connectivity index (χ2n) is 4.18. The van der Waals surface area contributed by atoms with Crippen LogP contribution in [0.4, 0.5) is 11.4 Å². The third kappa shape index (κ3) is 3.29. The molecule has 0 unspecified atom stereocenters. The molecule has 0 radical (unpaired) electrons. The van der Waals surface area contributed by atoms with Crippen LogP contribution in [0.15, 0.2) is 18.2 Å². The van der Waals surface area contributed by atoms with Crippen molar-refractivity contribution in [2.45, 2.75) is 27.2 Å². The number of hydrogen-bond acceptors (Lipinski definition) is 2. The molecule has 0 aliphatic heterocycles. The summed E-state index contributed by atoms with van der Waals surface area (Å²) >= 11 is 0. The zero-order chi connectivity index (χ0) is 10.6. The first-order valence-corrected chi connectivity index (χ1v) is 5.19. The van der Waals surface area contributed by atoms with Gasteiger partial charge in [0, 0.05) is 17.9 Å². The lowest BCUT2D eigenvalue weighted by Gasteiger charge is -2.09. The average molecular weight is 192 g/mol. The molecule has 0 aliphatic rings. The van der Waals surface area contributed by atoms with Crippen molar-refractivity contribution in [2.24, 2.45) is 5.92 Å². The van der Waals surface area contributed by atoms with Gasteiger partial charge in [0.2, 0.25) is 0 Å². The normalized spacial score (nSPS) is 10.6. The molecule has 2 nitrogen and oxygen atoms in total. The predicted octanol–water partition coefficient (Wildman–Crippen LogP) is 3.04. The number of hydrogen-bond donors (Lipinski definition) is 2. The second-order valence-corrected chi connectivity index (χ2v) is 4.18. The number of anilines is 2. The fraction of sp³-hybridized carbons (Fsp3) is 0.500. The summed E-state index contributed by atoms with van der Waals surface area (Å²) in [5, 5.41) is 3.36. The number of benzene rings is 1. The maximum atomic E-state index is 5.81. The Morgan fingerprint density at radius 1 is 1.36 bits per heavy atom. The monoisotopic (exact) mass is 192 g/mol. The van der Waals surface area contributed by atoms with E-state index in [1.165, 1.54) is 6.42 Å². The quantitative estimate of drug-likeness (QED) is 0.720. The van der Waals surface area contributed by atoms with Gasteiger partial charge in [0.1, 0.15) is 0 Å². The fourth-order valence-electron chi connectivity index (χ4n) is 1.26. The van der Waals surface area contributed by atoms with Crippen LogP contribution < -0.4 is 11.1 Å². The van der Waals surface area contributed by atoms with Crippen molar-refractivity contribution >= 4 is 11.4 Å². The summed E-state index contributed by atoms with van der Waals surface area (Å²) in [7, 11) is 0. The highest BCUT2D eigenvalue weighted by atomic mass is 14.9. The predicted molar refractivity (Wildman–Crippen MR) is 63.5 cm³/mol. The van der Waals surface area contributed by atoms with Crippen molar-refractivity contribution in [3.63, 3.8) is 0 Å². The van der Waals surface area contributed by atoms with Gasteiger partial charge in [0.25, 0.3) is 0 Å². The Bertz CT molecular complexity index is 292. The first kappa shape index (κ1) is 10.9. The SMILES string of the molecule is Cc1ccc(NCCC(C)C)cc1N. The van der Waals surface area contributed by atoms with Crippen LogP contribution in [0.2, 0.25) is 0 Å². The van der Waals surface area contributed by atoms with Gasteiger partial charge >= 0.3 is 0 Å². The standard InChI is InChI=1S/C12H20N2/c1-9(2)6-7-14-11-5-4-10(3)12(13)8-11/h4-5,8-9,14H,6-7,13H2,1-3H3. The Balaban J connectivity index is 2.47. The third-order valence-corrected chi connectivity index (χ3v) is 2.33. The maximum Gasteiger partial charge on any atom is 0.0364 e. The Morgan fingerprint density at radius 3 is 2.64 bits per heavy atom. The van der Waals surface area contributed by atoms with E-state index in [1.54, 1.807) is 0 Å². The van der Waals surface area contributed by atoms with E-state index in [4.69, 9.17) is 5.73 Å². The van der Waals surface area contributed by atoms with Gasteiger partial charge in [0.15, 0.2) is 0 Å². The summed E-state index contributed by atoms with van der Waals surface area (Å²) in [6.07, 6.45) is 1.19. The molecule has 1 aromatic carbocycles. The lowest BCUT2D eigenvalue weighted by molar-refractivity contribution is 0.607. The van der Waals surface area contributed by atoms with Gasteiger partial charge in [-0.3, -0.25) is 0 Å². The number of rotatable bonds is 4. The zero-order valence-corrected chi connectivity index (χ0v) is 9.30. The maximum absolute atomic E-state index is 5.81. The summed E-state index contributed by atoms with van der Waals surface area (Å²) < 4.78 is 0. The minimum Gasteiger partial charge on any atom is -0.398 e. The van der Waals surface area contributed by atoms with Crippen LogP contribution >= 0.6 is 0 Å². The summed E-state index contributed by atoms with van der Waals surface area (Å²) in [5.41, 5.74) is 8.93. The number of aryl methyl sites for hydroxylation is 1. The van der Waals surface area contributed by atoms with Gasteiger partial charge in [-0.05, 0) is 37.0 Å². The molecule has 0 bridgehead atoms. The molecule has 0 spiro atoms. The topological polar surface area (TPSA) is 38.0 Å². The Labute approximate surface area is 86.5 Å². The van der Waals surface area contributed by atoms with E-state index in [0.29, 0.717) is 0 Å². The van der Waals surface area contributed by atoms with E-state index in [2.05, 4.69) is 25.2 Å². The fourth-order valence-corrected chi connectivity index (χ4v) is 1.26. The molecule has 3 N–H and O–H groups in total. The third-order valence-electron chi connectivity index (χ3n) is 2.33. The van der Waals surface area contributed by atoms with Crippen LogP contribution in [0.3, 0.4) is 0 Å². The number of nitrogens with one attached hydrogen (secondary N) is 1. The molecule has 1 rings (SSSR count). The van der Waals surface area contributed by atoms with Crippen molar-refractivity contribution in [3.8, 4) is 0 Å². The molecular formula is C12H20N2. The minimum atomic E-state index is 0.741. The van der Waals surface area contributed by atoms with E-state index in [9.17, 15) is 0 Å². The largest absolute Gasteiger partial charge is 0.398 e. The Morgan fingerprint density at radius 2 is 2.07 bits per heavy atom. The molecule has 0 heterocycles. The van der Waals surface area contributed by atoms with E-state index >= 15 is 0 Å². The van der Waals surface area contributed by atoms with Gasteiger partial charge in [-0.25, -0.2) is 0 Å². The first-order chi connectivity index (χ1) is 6.59. The first-order valence-electron chi connectivity index (χ1n) is 5.19.